The van der Waals surface area contributed by atoms with Crippen LogP contribution in [0.1, 0.15) is 33.6 Å². The number of rotatable bonds is 5. The summed E-state index contributed by atoms with van der Waals surface area (Å²) < 4.78 is 5.11. The molecule has 1 aliphatic carbocycles. The van der Waals surface area contributed by atoms with Crippen molar-refractivity contribution >= 4 is 61.1 Å². The van der Waals surface area contributed by atoms with E-state index >= 15 is 0 Å². The fraction of sp³-hybridized carbons (Fsp3) is 0.304. The highest BCUT2D eigenvalue weighted by atomic mass is 79.9. The van der Waals surface area contributed by atoms with Crippen LogP contribution in [0.5, 0.6) is 0 Å². The Bertz CT molecular complexity index is 996. The monoisotopic (exact) mass is 547 g/mol. The summed E-state index contributed by atoms with van der Waals surface area (Å²) in [5.41, 5.74) is 1.13. The third kappa shape index (κ3) is 4.36. The van der Waals surface area contributed by atoms with Gasteiger partial charge >= 0.3 is 5.97 Å². The van der Waals surface area contributed by atoms with Gasteiger partial charge in [-0.15, -0.1) is 0 Å². The summed E-state index contributed by atoms with van der Waals surface area (Å²) in [4.78, 5) is 51.6. The molecule has 31 heavy (non-hydrogen) atoms. The molecule has 0 unspecified atom stereocenters. The molecule has 6 nitrogen and oxygen atoms in total. The predicted molar refractivity (Wildman–Crippen MR) is 122 cm³/mol. The van der Waals surface area contributed by atoms with Gasteiger partial charge in [0.2, 0.25) is 11.8 Å². The average molecular weight is 549 g/mol. The molecule has 0 N–H and O–H groups in total. The number of amides is 2. The van der Waals surface area contributed by atoms with Crippen molar-refractivity contribution in [3.8, 4) is 0 Å². The van der Waals surface area contributed by atoms with Crippen LogP contribution < -0.4 is 4.90 Å². The first-order valence-corrected chi connectivity index (χ1v) is 11.7. The molecule has 8 heteroatoms. The zero-order chi connectivity index (χ0) is 22.1. The molecule has 2 amide bonds. The van der Waals surface area contributed by atoms with Gasteiger partial charge < -0.3 is 4.74 Å². The molecule has 4 rings (SSSR count). The van der Waals surface area contributed by atoms with Gasteiger partial charge in [0.1, 0.15) is 0 Å². The summed E-state index contributed by atoms with van der Waals surface area (Å²) >= 11 is 7.15. The second-order valence-corrected chi connectivity index (χ2v) is 9.99. The smallest absolute Gasteiger partial charge is 0.338 e. The molecule has 0 spiro atoms. The van der Waals surface area contributed by atoms with Crippen LogP contribution in [-0.4, -0.2) is 39.8 Å². The largest absolute Gasteiger partial charge is 0.454 e. The molecule has 2 aromatic rings. The Kier molecular flexibility index (Phi) is 6.39. The van der Waals surface area contributed by atoms with Crippen LogP contribution in [0, 0.1) is 11.8 Å². The molecule has 2 aliphatic rings. The van der Waals surface area contributed by atoms with Gasteiger partial charge in [0.15, 0.2) is 12.4 Å². The van der Waals surface area contributed by atoms with Crippen LogP contribution in [0.15, 0.2) is 54.6 Å². The molecule has 1 heterocycles. The van der Waals surface area contributed by atoms with Gasteiger partial charge in [-0.05, 0) is 37.1 Å². The van der Waals surface area contributed by atoms with Gasteiger partial charge in [-0.2, -0.15) is 0 Å². The van der Waals surface area contributed by atoms with E-state index in [4.69, 9.17) is 4.74 Å². The number of benzene rings is 2. The predicted octanol–water partition coefficient (Wildman–Crippen LogP) is 4.15. The SMILES string of the molecule is O=C(COC(=O)c1ccc(N2C(=O)[C@H]3C[C@H](Br)[C@@H](Br)C[C@H]3C2=O)cc1)c1ccccc1. The van der Waals surface area contributed by atoms with E-state index in [-0.39, 0.29) is 51.3 Å². The van der Waals surface area contributed by atoms with Crippen LogP contribution in [0.2, 0.25) is 0 Å². The van der Waals surface area contributed by atoms with Gasteiger partial charge in [-0.25, -0.2) is 4.79 Å². The Morgan fingerprint density at radius 3 is 1.94 bits per heavy atom. The third-order valence-corrected chi connectivity index (χ3v) is 8.44. The molecular formula is C23H19Br2NO5. The number of hydrogen-bond acceptors (Lipinski definition) is 5. The molecule has 1 saturated heterocycles. The zero-order valence-corrected chi connectivity index (χ0v) is 19.5. The molecule has 2 fully saturated rings. The van der Waals surface area contributed by atoms with Crippen LogP contribution in [0.3, 0.4) is 0 Å². The van der Waals surface area contributed by atoms with Crippen molar-refractivity contribution in [3.05, 3.63) is 65.7 Å². The fourth-order valence-corrected chi connectivity index (χ4v) is 5.26. The Morgan fingerprint density at radius 2 is 1.39 bits per heavy atom. The molecule has 4 atom stereocenters. The van der Waals surface area contributed by atoms with Crippen molar-refractivity contribution in [2.45, 2.75) is 22.5 Å². The number of Topliss-reactive ketones (excluding diaryl/α,β-unsaturated/α-hetero) is 1. The van der Waals surface area contributed by atoms with Crippen molar-refractivity contribution in [2.24, 2.45) is 11.8 Å². The number of hydrogen-bond donors (Lipinski definition) is 0. The normalized spacial score (nSPS) is 25.3. The second kappa shape index (κ2) is 9.04. The van der Waals surface area contributed by atoms with Crippen LogP contribution in [-0.2, 0) is 14.3 Å². The molecule has 2 aromatic carbocycles. The molecule has 0 bridgehead atoms. The number of anilines is 1. The van der Waals surface area contributed by atoms with Crippen LogP contribution in [0.4, 0.5) is 5.69 Å². The maximum absolute atomic E-state index is 12.9. The number of imide groups is 1. The number of carbonyl (C=O) groups is 4. The summed E-state index contributed by atoms with van der Waals surface area (Å²) in [6, 6.07) is 14.7. The van der Waals surface area contributed by atoms with E-state index in [1.807, 2.05) is 0 Å². The van der Waals surface area contributed by atoms with E-state index in [2.05, 4.69) is 31.9 Å². The van der Waals surface area contributed by atoms with E-state index in [9.17, 15) is 19.2 Å². The maximum Gasteiger partial charge on any atom is 0.338 e. The Hall–Kier alpha value is -2.32. The first kappa shape index (κ1) is 21.9. The lowest BCUT2D eigenvalue weighted by molar-refractivity contribution is -0.122. The van der Waals surface area contributed by atoms with E-state index in [0.29, 0.717) is 24.1 Å². The minimum atomic E-state index is -0.646. The highest BCUT2D eigenvalue weighted by molar-refractivity contribution is 9.12. The third-order valence-electron chi connectivity index (χ3n) is 5.70. The van der Waals surface area contributed by atoms with Crippen molar-refractivity contribution in [1.82, 2.24) is 0 Å². The molecule has 0 aromatic heterocycles. The highest BCUT2D eigenvalue weighted by Gasteiger charge is 2.52. The summed E-state index contributed by atoms with van der Waals surface area (Å²) in [5.74, 6) is -2.02. The summed E-state index contributed by atoms with van der Waals surface area (Å²) in [6.07, 6.45) is 1.20. The molecule has 160 valence electrons. The minimum Gasteiger partial charge on any atom is -0.454 e. The summed E-state index contributed by atoms with van der Waals surface area (Å²) in [7, 11) is 0. The fourth-order valence-electron chi connectivity index (χ4n) is 4.02. The number of esters is 1. The Labute approximate surface area is 196 Å². The van der Waals surface area contributed by atoms with Crippen molar-refractivity contribution in [1.29, 1.82) is 0 Å². The van der Waals surface area contributed by atoms with Gasteiger partial charge in [0, 0.05) is 15.2 Å². The number of ether oxygens (including phenoxy) is 1. The average Bonchev–Trinajstić information content (AvgIpc) is 3.02. The molecule has 1 saturated carbocycles. The van der Waals surface area contributed by atoms with Crippen LogP contribution >= 0.6 is 31.9 Å². The lowest BCUT2D eigenvalue weighted by Gasteiger charge is -2.29. The number of alkyl halides is 2. The summed E-state index contributed by atoms with van der Waals surface area (Å²) in [5, 5.41) is 0. The summed E-state index contributed by atoms with van der Waals surface area (Å²) in [6.45, 7) is -0.363. The van der Waals surface area contributed by atoms with E-state index < -0.39 is 5.97 Å². The van der Waals surface area contributed by atoms with Gasteiger partial charge in [0.25, 0.3) is 0 Å². The van der Waals surface area contributed by atoms with Crippen molar-refractivity contribution < 1.29 is 23.9 Å². The maximum atomic E-state index is 12.9. The first-order valence-electron chi connectivity index (χ1n) is 9.88. The van der Waals surface area contributed by atoms with Crippen molar-refractivity contribution in [3.63, 3.8) is 0 Å². The number of ketones is 1. The van der Waals surface area contributed by atoms with E-state index in [1.165, 1.54) is 17.0 Å². The van der Waals surface area contributed by atoms with E-state index in [1.54, 1.807) is 42.5 Å². The van der Waals surface area contributed by atoms with Gasteiger partial charge in [-0.3, -0.25) is 19.3 Å². The number of carbonyl (C=O) groups excluding carboxylic acids is 4. The van der Waals surface area contributed by atoms with Crippen LogP contribution in [0.25, 0.3) is 0 Å². The zero-order valence-electron chi connectivity index (χ0n) is 16.4. The second-order valence-electron chi connectivity index (χ2n) is 7.64. The lowest BCUT2D eigenvalue weighted by atomic mass is 9.81. The van der Waals surface area contributed by atoms with Crippen molar-refractivity contribution in [2.75, 3.05) is 11.5 Å². The first-order chi connectivity index (χ1) is 14.9. The topological polar surface area (TPSA) is 80.8 Å². The van der Waals surface area contributed by atoms with Gasteiger partial charge in [-0.1, -0.05) is 62.2 Å². The number of fused-ring (bicyclic) bond motifs is 1. The lowest BCUT2D eigenvalue weighted by Crippen LogP contribution is -2.34. The van der Waals surface area contributed by atoms with E-state index in [0.717, 1.165) is 0 Å². The van der Waals surface area contributed by atoms with Gasteiger partial charge in [0.05, 0.1) is 23.1 Å². The standard InChI is InChI=1S/C23H19Br2NO5/c24-18-10-16-17(11-19(18)25)22(29)26(21(16)28)15-8-6-14(7-9-15)23(30)31-12-20(27)13-4-2-1-3-5-13/h1-9,16-19H,10-12H2/t16-,17+,18-,19-/m0/s1. The number of nitrogens with zero attached hydrogens (tertiary/aromatic N) is 1. The highest BCUT2D eigenvalue weighted by Crippen LogP contribution is 2.44. The number of halogens is 2. The molecule has 1 aliphatic heterocycles. The molecular weight excluding hydrogens is 530 g/mol. The Balaban J connectivity index is 1.42. The Morgan fingerprint density at radius 1 is 0.839 bits per heavy atom. The minimum absolute atomic E-state index is 0.140. The quantitative estimate of drug-likeness (QED) is 0.243. The molecule has 0 radical (unpaired) electrons.